The number of hydrogen-bond donors (Lipinski definition) is 6. The van der Waals surface area contributed by atoms with E-state index in [0.717, 1.165) is 46.1 Å². The van der Waals surface area contributed by atoms with Gasteiger partial charge in [0.1, 0.15) is 20.4 Å². The highest BCUT2D eigenvalue weighted by Gasteiger charge is 2.28. The summed E-state index contributed by atoms with van der Waals surface area (Å²) in [6.45, 7) is 0. The van der Waals surface area contributed by atoms with Crippen LogP contribution in [0.25, 0.3) is 0 Å². The Morgan fingerprint density at radius 3 is 1.33 bits per heavy atom. The minimum absolute atomic E-state index is 0.0761. The number of ether oxygens (including phenoxy) is 3. The average Bonchev–Trinajstić information content (AvgIpc) is 3.65. The number of esters is 3. The van der Waals surface area contributed by atoms with Crippen LogP contribution in [0.2, 0.25) is 0 Å². The van der Waals surface area contributed by atoms with Crippen molar-refractivity contribution in [2.75, 3.05) is 0 Å². The predicted molar refractivity (Wildman–Crippen MR) is 144 cm³/mol. The molecule has 6 N–H and O–H groups in total. The van der Waals surface area contributed by atoms with Gasteiger partial charge < -0.3 is 44.4 Å². The smallest absolute Gasteiger partial charge is 0.423 e. The Kier molecular flexibility index (Phi) is 9.01. The molecule has 0 amide bonds. The van der Waals surface area contributed by atoms with E-state index in [0.29, 0.717) is 0 Å². The summed E-state index contributed by atoms with van der Waals surface area (Å²) in [5, 5.41) is 61.2. The monoisotopic (exact) mass is 588 g/mol. The van der Waals surface area contributed by atoms with Crippen LogP contribution in [-0.4, -0.2) is 69.4 Å². The van der Waals surface area contributed by atoms with Gasteiger partial charge in [0.2, 0.25) is 0 Å². The SMILES string of the molecule is O=C(Oc1ccc(OC(=O)c2sccc2B(O)O)c(OC(=O)c2sccc2B(O)O)c1)c1sccc1B(O)O. The molecule has 0 saturated heterocycles. The molecule has 12 nitrogen and oxygen atoms in total. The molecule has 198 valence electrons. The molecule has 0 unspecified atom stereocenters. The summed E-state index contributed by atoms with van der Waals surface area (Å²) in [5.41, 5.74) is -0.307. The van der Waals surface area contributed by atoms with Crippen LogP contribution in [0.3, 0.4) is 0 Å². The number of thiophene rings is 3. The molecule has 0 aliphatic carbocycles. The number of carbonyl (C=O) groups excluding carboxylic acids is 3. The lowest BCUT2D eigenvalue weighted by Gasteiger charge is -2.13. The fraction of sp³-hybridized carbons (Fsp3) is 0. The van der Waals surface area contributed by atoms with E-state index in [1.807, 2.05) is 0 Å². The van der Waals surface area contributed by atoms with Crippen molar-refractivity contribution in [1.82, 2.24) is 0 Å². The van der Waals surface area contributed by atoms with Crippen molar-refractivity contribution >= 4 is 89.7 Å². The zero-order valence-corrected chi connectivity index (χ0v) is 21.7. The summed E-state index contributed by atoms with van der Waals surface area (Å²) in [6.07, 6.45) is 0. The first-order valence-corrected chi connectivity index (χ1v) is 13.3. The van der Waals surface area contributed by atoms with Crippen LogP contribution < -0.4 is 30.6 Å². The van der Waals surface area contributed by atoms with Crippen LogP contribution >= 0.6 is 34.0 Å². The normalized spacial score (nSPS) is 10.6. The molecular weight excluding hydrogens is 573 g/mol. The number of carbonyl (C=O) groups is 3. The third kappa shape index (κ3) is 6.47. The third-order valence-corrected chi connectivity index (χ3v) is 7.74. The first kappa shape index (κ1) is 28.7. The zero-order chi connectivity index (χ0) is 28.3. The molecule has 3 heterocycles. The van der Waals surface area contributed by atoms with Crippen LogP contribution in [0.15, 0.2) is 52.5 Å². The van der Waals surface area contributed by atoms with Crippen LogP contribution in [0, 0.1) is 0 Å². The van der Waals surface area contributed by atoms with Gasteiger partial charge in [-0.1, -0.05) is 18.2 Å². The van der Waals surface area contributed by atoms with Crippen LogP contribution in [0.1, 0.15) is 29.0 Å². The van der Waals surface area contributed by atoms with E-state index in [1.165, 1.54) is 40.4 Å². The Morgan fingerprint density at radius 1 is 0.538 bits per heavy atom. The van der Waals surface area contributed by atoms with E-state index in [4.69, 9.17) is 14.2 Å². The Bertz CT molecular complexity index is 1510. The highest BCUT2D eigenvalue weighted by atomic mass is 32.1. The molecule has 39 heavy (non-hydrogen) atoms. The molecule has 3 aromatic heterocycles. The molecule has 0 atom stereocenters. The van der Waals surface area contributed by atoms with Gasteiger partial charge in [-0.05, 0) is 28.3 Å². The molecule has 1 aromatic carbocycles. The highest BCUT2D eigenvalue weighted by molar-refractivity contribution is 7.14. The molecule has 0 fully saturated rings. The van der Waals surface area contributed by atoms with Crippen molar-refractivity contribution in [3.63, 3.8) is 0 Å². The maximum atomic E-state index is 12.9. The Labute approximate surface area is 232 Å². The van der Waals surface area contributed by atoms with Crippen LogP contribution in [0.4, 0.5) is 0 Å². The zero-order valence-electron chi connectivity index (χ0n) is 19.3. The van der Waals surface area contributed by atoms with Crippen molar-refractivity contribution in [3.8, 4) is 17.2 Å². The van der Waals surface area contributed by atoms with Gasteiger partial charge in [0.15, 0.2) is 11.5 Å². The predicted octanol–water partition coefficient (Wildman–Crippen LogP) is -1.43. The second kappa shape index (κ2) is 12.2. The van der Waals surface area contributed by atoms with E-state index in [-0.39, 0.29) is 42.5 Å². The molecule has 18 heteroatoms. The second-order valence-electron chi connectivity index (χ2n) is 7.51. The lowest BCUT2D eigenvalue weighted by Crippen LogP contribution is -2.34. The van der Waals surface area contributed by atoms with Crippen molar-refractivity contribution in [2.24, 2.45) is 0 Å². The van der Waals surface area contributed by atoms with Gasteiger partial charge in [0.05, 0.1) is 0 Å². The van der Waals surface area contributed by atoms with Gasteiger partial charge in [-0.2, -0.15) is 0 Å². The number of rotatable bonds is 9. The molecule has 0 saturated carbocycles. The standard InChI is InChI=1S/C21H15B3O12S3/c25-19(16-11(22(28)29)3-6-37-16)34-10-1-2-14(35-20(26)17-12(23(30)31)4-7-38-17)15(9-10)36-21(27)18-13(24(32)33)5-8-39-18/h1-9,28-33H. The minimum Gasteiger partial charge on any atom is -0.423 e. The summed E-state index contributed by atoms with van der Waals surface area (Å²) >= 11 is 2.64. The molecule has 0 aliphatic heterocycles. The van der Waals surface area contributed by atoms with Crippen LogP contribution in [0.5, 0.6) is 17.2 Å². The summed E-state index contributed by atoms with van der Waals surface area (Å²) in [6, 6.07) is 7.37. The first-order valence-electron chi connectivity index (χ1n) is 10.7. The third-order valence-electron chi connectivity index (χ3n) is 5.01. The topological polar surface area (TPSA) is 200 Å². The maximum Gasteiger partial charge on any atom is 0.490 e. The first-order chi connectivity index (χ1) is 18.6. The maximum absolute atomic E-state index is 12.9. The van der Waals surface area contributed by atoms with Crippen molar-refractivity contribution < 1.29 is 58.7 Å². The fourth-order valence-corrected chi connectivity index (χ4v) is 5.62. The summed E-state index contributed by atoms with van der Waals surface area (Å²) < 4.78 is 16.0. The molecule has 0 aliphatic rings. The van der Waals surface area contributed by atoms with E-state index in [1.54, 1.807) is 0 Å². The largest absolute Gasteiger partial charge is 0.490 e. The van der Waals surface area contributed by atoms with Gasteiger partial charge in [0, 0.05) is 22.5 Å². The van der Waals surface area contributed by atoms with E-state index < -0.39 is 45.0 Å². The molecule has 4 aromatic rings. The molecule has 0 spiro atoms. The lowest BCUT2D eigenvalue weighted by atomic mass is 9.80. The average molecular weight is 588 g/mol. The fourth-order valence-electron chi connectivity index (χ4n) is 3.23. The van der Waals surface area contributed by atoms with E-state index in [9.17, 15) is 44.5 Å². The minimum atomic E-state index is -1.97. The van der Waals surface area contributed by atoms with Gasteiger partial charge in [-0.15, -0.1) is 34.0 Å². The van der Waals surface area contributed by atoms with E-state index >= 15 is 0 Å². The highest BCUT2D eigenvalue weighted by Crippen LogP contribution is 2.34. The number of benzene rings is 1. The van der Waals surface area contributed by atoms with Gasteiger partial charge >= 0.3 is 39.3 Å². The second-order valence-corrected chi connectivity index (χ2v) is 10.3. The summed E-state index contributed by atoms with van der Waals surface area (Å²) in [7, 11) is -5.83. The van der Waals surface area contributed by atoms with Gasteiger partial charge in [-0.3, -0.25) is 0 Å². The van der Waals surface area contributed by atoms with Crippen LogP contribution in [-0.2, 0) is 0 Å². The van der Waals surface area contributed by atoms with Crippen molar-refractivity contribution in [3.05, 3.63) is 67.2 Å². The quantitative estimate of drug-likeness (QED) is 0.0758. The van der Waals surface area contributed by atoms with Gasteiger partial charge in [0.25, 0.3) is 0 Å². The molecule has 0 radical (unpaired) electrons. The van der Waals surface area contributed by atoms with Gasteiger partial charge in [-0.25, -0.2) is 14.4 Å². The Morgan fingerprint density at radius 2 is 0.923 bits per heavy atom. The molecule has 4 rings (SSSR count). The number of hydrogen-bond acceptors (Lipinski definition) is 15. The molecular formula is C21H15B3O12S3. The molecule has 0 bridgehead atoms. The van der Waals surface area contributed by atoms with Crippen molar-refractivity contribution in [2.45, 2.75) is 0 Å². The lowest BCUT2D eigenvalue weighted by molar-refractivity contribution is 0.0685. The summed E-state index contributed by atoms with van der Waals surface area (Å²) in [4.78, 5) is 37.9. The van der Waals surface area contributed by atoms with Crippen molar-refractivity contribution in [1.29, 1.82) is 0 Å². The Balaban J connectivity index is 1.66. The van der Waals surface area contributed by atoms with E-state index in [2.05, 4.69) is 0 Å². The summed E-state index contributed by atoms with van der Waals surface area (Å²) in [5.74, 6) is -3.88. The Hall–Kier alpha value is -3.32.